The lowest BCUT2D eigenvalue weighted by Gasteiger charge is -2.17. The van der Waals surface area contributed by atoms with Gasteiger partial charge in [-0.3, -0.25) is 4.99 Å². The van der Waals surface area contributed by atoms with E-state index in [4.69, 9.17) is 0 Å². The Morgan fingerprint density at radius 3 is 2.48 bits per heavy atom. The molecule has 8 heteroatoms. The number of nitrogens with zero attached hydrogens (tertiary/aromatic N) is 1. The van der Waals surface area contributed by atoms with Crippen LogP contribution >= 0.6 is 39.9 Å². The van der Waals surface area contributed by atoms with Crippen LogP contribution < -0.4 is 10.6 Å². The Morgan fingerprint density at radius 1 is 1.24 bits per heavy atom. The zero-order valence-corrected chi connectivity index (χ0v) is 19.5. The summed E-state index contributed by atoms with van der Waals surface area (Å²) in [6, 6.07) is 8.30. The van der Waals surface area contributed by atoms with Crippen LogP contribution in [0, 0.1) is 0 Å². The zero-order valence-electron chi connectivity index (χ0n) is 14.7. The largest absolute Gasteiger partial charge is 0.357 e. The molecular weight excluding hydrogens is 517 g/mol. The van der Waals surface area contributed by atoms with E-state index in [1.165, 1.54) is 5.56 Å². The number of halogens is 2. The summed E-state index contributed by atoms with van der Waals surface area (Å²) >= 11 is 3.64. The minimum atomic E-state index is -2.96. The Kier molecular flexibility index (Phi) is 9.17. The second-order valence-electron chi connectivity index (χ2n) is 6.12. The molecule has 1 aliphatic rings. The third-order valence-corrected chi connectivity index (χ3v) is 6.73. The summed E-state index contributed by atoms with van der Waals surface area (Å²) < 4.78 is 24.3. The molecule has 5 nitrogen and oxygen atoms in total. The van der Waals surface area contributed by atoms with Gasteiger partial charge in [-0.2, -0.15) is 0 Å². The fourth-order valence-electron chi connectivity index (χ4n) is 2.60. The van der Waals surface area contributed by atoms with Crippen LogP contribution in [0.25, 0.3) is 0 Å². The lowest BCUT2D eigenvalue weighted by Crippen LogP contribution is -2.40. The van der Waals surface area contributed by atoms with E-state index in [9.17, 15) is 8.42 Å². The number of sulfone groups is 1. The summed E-state index contributed by atoms with van der Waals surface area (Å²) in [6.07, 6.45) is 2.26. The van der Waals surface area contributed by atoms with E-state index in [1.54, 1.807) is 6.92 Å². The van der Waals surface area contributed by atoms with Gasteiger partial charge < -0.3 is 10.6 Å². The SMILES string of the molecule is CCNC(=NCC1(c2ccccc2Br)CC1)NCCS(=O)(=O)CC.I. The van der Waals surface area contributed by atoms with Gasteiger partial charge in [0.25, 0.3) is 0 Å². The molecule has 0 spiro atoms. The fourth-order valence-corrected chi connectivity index (χ4v) is 4.00. The smallest absolute Gasteiger partial charge is 0.191 e. The first kappa shape index (κ1) is 22.7. The fraction of sp³-hybridized carbons (Fsp3) is 0.588. The lowest BCUT2D eigenvalue weighted by molar-refractivity contribution is 0.595. The topological polar surface area (TPSA) is 70.6 Å². The van der Waals surface area contributed by atoms with Crippen molar-refractivity contribution in [2.45, 2.75) is 32.1 Å². The highest BCUT2D eigenvalue weighted by atomic mass is 127. The summed E-state index contributed by atoms with van der Waals surface area (Å²) in [5, 5.41) is 6.31. The van der Waals surface area contributed by atoms with Crippen LogP contribution in [-0.2, 0) is 15.3 Å². The van der Waals surface area contributed by atoms with Crippen molar-refractivity contribution in [1.29, 1.82) is 0 Å². The Morgan fingerprint density at radius 2 is 1.92 bits per heavy atom. The molecule has 0 bridgehead atoms. The van der Waals surface area contributed by atoms with Crippen molar-refractivity contribution in [3.8, 4) is 0 Å². The van der Waals surface area contributed by atoms with E-state index in [0.717, 1.165) is 23.9 Å². The first-order valence-corrected chi connectivity index (χ1v) is 11.0. The number of aliphatic imine (C=N–C) groups is 1. The van der Waals surface area contributed by atoms with Gasteiger partial charge in [-0.05, 0) is 31.4 Å². The first-order valence-electron chi connectivity index (χ1n) is 8.40. The number of guanidine groups is 1. The van der Waals surface area contributed by atoms with Gasteiger partial charge in [0, 0.05) is 28.7 Å². The lowest BCUT2D eigenvalue weighted by atomic mass is 9.96. The summed E-state index contributed by atoms with van der Waals surface area (Å²) in [5.74, 6) is 0.985. The van der Waals surface area contributed by atoms with Gasteiger partial charge in [0.1, 0.15) is 0 Å². The average Bonchev–Trinajstić information content (AvgIpc) is 3.34. The summed E-state index contributed by atoms with van der Waals surface area (Å²) in [5.41, 5.74) is 1.41. The molecule has 0 atom stereocenters. The van der Waals surface area contributed by atoms with Crippen LogP contribution in [0.1, 0.15) is 32.3 Å². The Labute approximate surface area is 176 Å². The number of benzene rings is 1. The van der Waals surface area contributed by atoms with E-state index in [-0.39, 0.29) is 40.9 Å². The maximum atomic E-state index is 11.6. The van der Waals surface area contributed by atoms with Crippen LogP contribution in [0.5, 0.6) is 0 Å². The second kappa shape index (κ2) is 10.1. The van der Waals surface area contributed by atoms with Crippen molar-refractivity contribution in [2.75, 3.05) is 31.1 Å². The zero-order chi connectivity index (χ0) is 17.6. The Balaban J connectivity index is 0.00000312. The molecule has 1 aromatic rings. The van der Waals surface area contributed by atoms with Crippen LogP contribution in [0.2, 0.25) is 0 Å². The highest BCUT2D eigenvalue weighted by molar-refractivity contribution is 14.0. The van der Waals surface area contributed by atoms with Gasteiger partial charge in [0.05, 0.1) is 12.3 Å². The number of hydrogen-bond acceptors (Lipinski definition) is 3. The highest BCUT2D eigenvalue weighted by Crippen LogP contribution is 2.50. The molecule has 0 amide bonds. The van der Waals surface area contributed by atoms with Crippen LogP contribution in [0.4, 0.5) is 0 Å². The molecule has 0 heterocycles. The summed E-state index contributed by atoms with van der Waals surface area (Å²) in [7, 11) is -2.96. The van der Waals surface area contributed by atoms with E-state index in [1.807, 2.05) is 13.0 Å². The van der Waals surface area contributed by atoms with Crippen molar-refractivity contribution < 1.29 is 8.42 Å². The van der Waals surface area contributed by atoms with Crippen molar-refractivity contribution >= 4 is 55.7 Å². The predicted molar refractivity (Wildman–Crippen MR) is 119 cm³/mol. The molecule has 2 N–H and O–H groups in total. The molecule has 25 heavy (non-hydrogen) atoms. The van der Waals surface area contributed by atoms with Crippen LogP contribution in [-0.4, -0.2) is 45.5 Å². The number of hydrogen-bond donors (Lipinski definition) is 2. The molecule has 1 aromatic carbocycles. The third-order valence-electron chi connectivity index (χ3n) is 4.33. The Hall–Kier alpha value is -0.350. The molecule has 1 saturated carbocycles. The monoisotopic (exact) mass is 543 g/mol. The first-order chi connectivity index (χ1) is 11.4. The highest BCUT2D eigenvalue weighted by Gasteiger charge is 2.45. The molecular formula is C17H27BrIN3O2S. The molecule has 0 radical (unpaired) electrons. The van der Waals surface area contributed by atoms with Gasteiger partial charge in [0.15, 0.2) is 15.8 Å². The maximum absolute atomic E-state index is 11.6. The molecule has 0 aliphatic heterocycles. The van der Waals surface area contributed by atoms with Crippen LogP contribution in [0.15, 0.2) is 33.7 Å². The summed E-state index contributed by atoms with van der Waals surface area (Å²) in [6.45, 7) is 5.49. The van der Waals surface area contributed by atoms with Gasteiger partial charge in [-0.25, -0.2) is 8.42 Å². The third kappa shape index (κ3) is 6.71. The van der Waals surface area contributed by atoms with Crippen LogP contribution in [0.3, 0.4) is 0 Å². The number of nitrogens with one attached hydrogen (secondary N) is 2. The van der Waals surface area contributed by atoms with Crippen molar-refractivity contribution in [3.05, 3.63) is 34.3 Å². The van der Waals surface area contributed by atoms with E-state index >= 15 is 0 Å². The van der Waals surface area contributed by atoms with Gasteiger partial charge >= 0.3 is 0 Å². The van der Waals surface area contributed by atoms with Gasteiger partial charge in [-0.15, -0.1) is 24.0 Å². The van der Waals surface area contributed by atoms with Crippen molar-refractivity contribution in [3.63, 3.8) is 0 Å². The maximum Gasteiger partial charge on any atom is 0.191 e. The molecule has 0 aromatic heterocycles. The average molecular weight is 544 g/mol. The van der Waals surface area contributed by atoms with Gasteiger partial charge in [0.2, 0.25) is 0 Å². The van der Waals surface area contributed by atoms with Gasteiger partial charge in [-0.1, -0.05) is 41.1 Å². The molecule has 2 rings (SSSR count). The normalized spacial score (nSPS) is 16.0. The second-order valence-corrected chi connectivity index (χ2v) is 9.45. The quantitative estimate of drug-likeness (QED) is 0.300. The molecule has 142 valence electrons. The molecule has 0 unspecified atom stereocenters. The molecule has 0 saturated heterocycles. The molecule has 1 fully saturated rings. The minimum absolute atomic E-state index is 0. The predicted octanol–water partition coefficient (Wildman–Crippen LogP) is 3.09. The van der Waals surface area contributed by atoms with E-state index in [2.05, 4.69) is 49.8 Å². The van der Waals surface area contributed by atoms with E-state index < -0.39 is 9.84 Å². The van der Waals surface area contributed by atoms with E-state index in [0.29, 0.717) is 19.0 Å². The standard InChI is InChI=1S/C17H26BrN3O2S.HI/c1-3-19-16(20-11-12-24(22,23)4-2)21-13-17(9-10-17)14-7-5-6-8-15(14)18;/h5-8H,3-4,9-13H2,1-2H3,(H2,19,20,21);1H. The summed E-state index contributed by atoms with van der Waals surface area (Å²) in [4.78, 5) is 4.69. The number of rotatable bonds is 8. The molecule has 1 aliphatic carbocycles. The van der Waals surface area contributed by atoms with Crippen molar-refractivity contribution in [1.82, 2.24) is 10.6 Å². The van der Waals surface area contributed by atoms with Crippen molar-refractivity contribution in [2.24, 2.45) is 4.99 Å². The Bertz CT molecular complexity index is 691. The minimum Gasteiger partial charge on any atom is -0.357 e.